The normalized spacial score (nSPS) is 14.6. The van der Waals surface area contributed by atoms with Crippen molar-refractivity contribution in [3.05, 3.63) is 150 Å². The summed E-state index contributed by atoms with van der Waals surface area (Å²) in [6, 6.07) is 28.3. The molecule has 0 spiro atoms. The van der Waals surface area contributed by atoms with Crippen LogP contribution in [0.15, 0.2) is 128 Å². The molecule has 1 fully saturated rings. The summed E-state index contributed by atoms with van der Waals surface area (Å²) in [4.78, 5) is 73.4. The number of hydrogen-bond acceptors (Lipinski definition) is 7. The monoisotopic (exact) mass is 730 g/mol. The molecule has 280 valence electrons. The Kier molecular flexibility index (Phi) is 14.5. The van der Waals surface area contributed by atoms with E-state index in [0.717, 1.165) is 21.7 Å². The number of amides is 5. The van der Waals surface area contributed by atoms with Gasteiger partial charge >= 0.3 is 12.0 Å². The molecule has 0 saturated carbocycles. The van der Waals surface area contributed by atoms with Crippen LogP contribution in [0.4, 0.5) is 4.79 Å². The van der Waals surface area contributed by atoms with Crippen LogP contribution in [0.25, 0.3) is 0 Å². The zero-order chi connectivity index (χ0) is 38.1. The number of pyridine rings is 1. The van der Waals surface area contributed by atoms with Crippen LogP contribution in [0.1, 0.15) is 41.5 Å². The Bertz CT molecular complexity index is 1840. The lowest BCUT2D eigenvalue weighted by Gasteiger charge is -2.31. The van der Waals surface area contributed by atoms with Gasteiger partial charge in [0.25, 0.3) is 0 Å². The zero-order valence-corrected chi connectivity index (χ0v) is 30.1. The predicted molar refractivity (Wildman–Crippen MR) is 203 cm³/mol. The van der Waals surface area contributed by atoms with Crippen molar-refractivity contribution in [3.63, 3.8) is 0 Å². The molecule has 3 N–H and O–H groups in total. The van der Waals surface area contributed by atoms with E-state index < -0.39 is 41.9 Å². The lowest BCUT2D eigenvalue weighted by Crippen LogP contribution is -2.58. The molecule has 0 unspecified atom stereocenters. The summed E-state index contributed by atoms with van der Waals surface area (Å²) in [6.45, 7) is 4.13. The van der Waals surface area contributed by atoms with E-state index in [1.807, 2.05) is 91.0 Å². The Labute approximate surface area is 315 Å². The summed E-state index contributed by atoms with van der Waals surface area (Å²) < 4.78 is 5.55. The maximum absolute atomic E-state index is 14.1. The van der Waals surface area contributed by atoms with Crippen LogP contribution >= 0.6 is 0 Å². The van der Waals surface area contributed by atoms with Crippen molar-refractivity contribution in [1.82, 2.24) is 31.0 Å². The number of carbonyl (C=O) groups excluding carboxylic acids is 5. The molecule has 1 aliphatic heterocycles. The molecule has 1 saturated heterocycles. The number of nitrogens with one attached hydrogen (secondary N) is 3. The lowest BCUT2D eigenvalue weighted by molar-refractivity contribution is -0.145. The number of carbonyl (C=O) groups is 5. The van der Waals surface area contributed by atoms with Gasteiger partial charge in [0.2, 0.25) is 17.7 Å². The maximum atomic E-state index is 14.1. The zero-order valence-electron chi connectivity index (χ0n) is 30.1. The van der Waals surface area contributed by atoms with Crippen LogP contribution < -0.4 is 16.1 Å². The van der Waals surface area contributed by atoms with Gasteiger partial charge in [-0.1, -0.05) is 103 Å². The minimum absolute atomic E-state index is 0.0207. The largest absolute Gasteiger partial charge is 0.461 e. The maximum Gasteiger partial charge on any atom is 0.339 e. The van der Waals surface area contributed by atoms with Gasteiger partial charge in [-0.3, -0.25) is 29.6 Å². The standard InChI is InChI=1S/C42H46N6O6/c1-2-23-48(46-38(49)27-32-16-8-4-9-17-32)42(53)47-24-13-21-37(47)41(52)45-36(26-34-20-12-22-43-29-34)40(51)44-35(25-31-14-6-3-7-15-31)28-39(50)54-30-33-18-10-5-11-19-33/h2-12,14-20,22,29,35-37H,1,13,21,23-28,30H2,(H,44,51)(H,45,52)(H,46,49)/t35-,36-,37-/m0/s1. The fourth-order valence-corrected chi connectivity index (χ4v) is 6.30. The number of ether oxygens (including phenoxy) is 1. The minimum Gasteiger partial charge on any atom is -0.461 e. The van der Waals surface area contributed by atoms with E-state index in [0.29, 0.717) is 24.8 Å². The van der Waals surface area contributed by atoms with Crippen molar-refractivity contribution in [2.24, 2.45) is 0 Å². The van der Waals surface area contributed by atoms with E-state index in [1.165, 1.54) is 11.0 Å². The third kappa shape index (κ3) is 11.9. The van der Waals surface area contributed by atoms with Gasteiger partial charge < -0.3 is 20.3 Å². The first-order chi connectivity index (χ1) is 26.3. The number of rotatable bonds is 16. The number of hydrazine groups is 1. The van der Waals surface area contributed by atoms with E-state index in [1.54, 1.807) is 24.5 Å². The fourth-order valence-electron chi connectivity index (χ4n) is 6.30. The third-order valence-corrected chi connectivity index (χ3v) is 8.93. The van der Waals surface area contributed by atoms with Gasteiger partial charge in [-0.15, -0.1) is 6.58 Å². The summed E-state index contributed by atoms with van der Waals surface area (Å²) >= 11 is 0. The first-order valence-corrected chi connectivity index (χ1v) is 18.0. The molecule has 54 heavy (non-hydrogen) atoms. The van der Waals surface area contributed by atoms with Crippen LogP contribution in [0.5, 0.6) is 0 Å². The molecule has 0 aliphatic carbocycles. The summed E-state index contributed by atoms with van der Waals surface area (Å²) in [5.41, 5.74) is 5.90. The molecule has 3 aromatic carbocycles. The number of hydrogen-bond donors (Lipinski definition) is 3. The average molecular weight is 731 g/mol. The topological polar surface area (TPSA) is 150 Å². The van der Waals surface area contributed by atoms with E-state index >= 15 is 0 Å². The van der Waals surface area contributed by atoms with Gasteiger partial charge in [-0.2, -0.15) is 0 Å². The summed E-state index contributed by atoms with van der Waals surface area (Å²) in [5.74, 6) is -1.88. The highest BCUT2D eigenvalue weighted by Crippen LogP contribution is 2.20. The highest BCUT2D eigenvalue weighted by Gasteiger charge is 2.38. The van der Waals surface area contributed by atoms with Gasteiger partial charge in [0.05, 0.1) is 19.4 Å². The van der Waals surface area contributed by atoms with Crippen molar-refractivity contribution in [1.29, 1.82) is 0 Å². The summed E-state index contributed by atoms with van der Waals surface area (Å²) in [7, 11) is 0. The Balaban J connectivity index is 1.29. The molecule has 2 heterocycles. The second-order valence-electron chi connectivity index (χ2n) is 13.1. The molecule has 12 nitrogen and oxygen atoms in total. The van der Waals surface area contributed by atoms with Crippen LogP contribution in [-0.2, 0) is 49.8 Å². The number of urea groups is 1. The van der Waals surface area contributed by atoms with Crippen molar-refractivity contribution in [2.45, 2.75) is 63.3 Å². The highest BCUT2D eigenvalue weighted by atomic mass is 16.5. The predicted octanol–water partition coefficient (Wildman–Crippen LogP) is 4.32. The average Bonchev–Trinajstić information content (AvgIpc) is 3.68. The molecule has 4 aromatic rings. The first kappa shape index (κ1) is 38.9. The molecule has 3 atom stereocenters. The molecule has 5 rings (SSSR count). The van der Waals surface area contributed by atoms with Crippen molar-refractivity contribution >= 4 is 29.7 Å². The third-order valence-electron chi connectivity index (χ3n) is 8.93. The molecule has 0 radical (unpaired) electrons. The molecule has 1 aliphatic rings. The van der Waals surface area contributed by atoms with Crippen molar-refractivity contribution < 1.29 is 28.7 Å². The van der Waals surface area contributed by atoms with E-state index in [2.05, 4.69) is 27.6 Å². The molecular formula is C42H46N6O6. The van der Waals surface area contributed by atoms with Crippen molar-refractivity contribution in [2.75, 3.05) is 13.1 Å². The second-order valence-corrected chi connectivity index (χ2v) is 13.1. The van der Waals surface area contributed by atoms with Crippen molar-refractivity contribution in [3.8, 4) is 0 Å². The fraction of sp³-hybridized carbons (Fsp3) is 0.286. The number of benzene rings is 3. The number of esters is 1. The number of likely N-dealkylation sites (tertiary alicyclic amines) is 1. The number of aromatic nitrogens is 1. The quantitative estimate of drug-likeness (QED) is 0.0884. The van der Waals surface area contributed by atoms with Crippen LogP contribution in [0, 0.1) is 0 Å². The Hall–Kier alpha value is -6.30. The summed E-state index contributed by atoms with van der Waals surface area (Å²) in [5, 5.41) is 7.04. The van der Waals surface area contributed by atoms with Gasteiger partial charge in [0, 0.05) is 31.4 Å². The minimum atomic E-state index is -1.06. The molecule has 5 amide bonds. The highest BCUT2D eigenvalue weighted by molar-refractivity contribution is 5.93. The van der Waals surface area contributed by atoms with Gasteiger partial charge in [-0.25, -0.2) is 9.80 Å². The SMILES string of the molecule is C=CCN(NC(=O)Cc1ccccc1)C(=O)N1CCC[C@H]1C(=O)N[C@@H](Cc1cccnc1)C(=O)N[C@H](CC(=O)OCc1ccccc1)Cc1ccccc1. The summed E-state index contributed by atoms with van der Waals surface area (Å²) in [6.07, 6.45) is 6.06. The van der Waals surface area contributed by atoms with E-state index in [-0.39, 0.29) is 44.9 Å². The molecule has 0 bridgehead atoms. The molecule has 12 heteroatoms. The first-order valence-electron chi connectivity index (χ1n) is 18.0. The van der Waals surface area contributed by atoms with Crippen LogP contribution in [0.3, 0.4) is 0 Å². The second kappa shape index (κ2) is 20.1. The van der Waals surface area contributed by atoms with Crippen LogP contribution in [-0.4, -0.2) is 75.8 Å². The molecular weight excluding hydrogens is 684 g/mol. The number of nitrogens with zero attached hydrogens (tertiary/aromatic N) is 3. The van der Waals surface area contributed by atoms with Gasteiger partial charge in [0.1, 0.15) is 18.7 Å². The Morgan fingerprint density at radius 2 is 1.48 bits per heavy atom. The van der Waals surface area contributed by atoms with E-state index in [4.69, 9.17) is 4.74 Å². The Morgan fingerprint density at radius 3 is 2.13 bits per heavy atom. The van der Waals surface area contributed by atoms with Gasteiger partial charge in [-0.05, 0) is 47.6 Å². The lowest BCUT2D eigenvalue weighted by atomic mass is 10.0. The molecule has 1 aromatic heterocycles. The Morgan fingerprint density at radius 1 is 0.833 bits per heavy atom. The van der Waals surface area contributed by atoms with Crippen LogP contribution in [0.2, 0.25) is 0 Å². The van der Waals surface area contributed by atoms with E-state index in [9.17, 15) is 24.0 Å². The smallest absolute Gasteiger partial charge is 0.339 e. The van der Waals surface area contributed by atoms with Gasteiger partial charge in [0.15, 0.2) is 0 Å².